The third-order valence-corrected chi connectivity index (χ3v) is 14.4. The Bertz CT molecular complexity index is 3500. The highest BCUT2D eigenvalue weighted by Gasteiger charge is 2.51. The van der Waals surface area contributed by atoms with E-state index in [0.717, 1.165) is 5.69 Å². The van der Waals surface area contributed by atoms with E-state index >= 15 is 0 Å². The summed E-state index contributed by atoms with van der Waals surface area (Å²) in [6, 6.07) is 66.4. The SMILES string of the molecule is CC1(C)c2ccccc2-c2cc(-c3cccc4c3Nc3ccccc3C43c4ccccc4-c4ccccc43)c3c(c21)-n1c2cc4ccccc4cc2c2cccc(c21)[B]3. The number of aromatic nitrogens is 1. The molecule has 1 radical (unpaired) electrons. The lowest BCUT2D eigenvalue weighted by Crippen LogP contribution is -2.39. The van der Waals surface area contributed by atoms with Crippen LogP contribution in [0.15, 0.2) is 176 Å². The van der Waals surface area contributed by atoms with Crippen molar-refractivity contribution < 1.29 is 0 Å². The van der Waals surface area contributed by atoms with E-state index < -0.39 is 5.41 Å². The van der Waals surface area contributed by atoms with Gasteiger partial charge in [0, 0.05) is 38.6 Å². The lowest BCUT2D eigenvalue weighted by molar-refractivity contribution is 0.657. The van der Waals surface area contributed by atoms with E-state index in [9.17, 15) is 0 Å². The summed E-state index contributed by atoms with van der Waals surface area (Å²) >= 11 is 0. The number of anilines is 2. The third-order valence-electron chi connectivity index (χ3n) is 14.4. The molecule has 0 saturated heterocycles. The van der Waals surface area contributed by atoms with Gasteiger partial charge in [-0.1, -0.05) is 171 Å². The first-order valence-electron chi connectivity index (χ1n) is 20.9. The molecule has 0 fully saturated rings. The van der Waals surface area contributed by atoms with Crippen molar-refractivity contribution in [2.24, 2.45) is 0 Å². The molecule has 273 valence electrons. The summed E-state index contributed by atoms with van der Waals surface area (Å²) in [6.45, 7) is 4.86. The van der Waals surface area contributed by atoms with Crippen LogP contribution < -0.4 is 16.2 Å². The minimum atomic E-state index is -0.480. The number of nitrogens with one attached hydrogen (secondary N) is 1. The van der Waals surface area contributed by atoms with Crippen molar-refractivity contribution in [1.82, 2.24) is 4.57 Å². The van der Waals surface area contributed by atoms with Crippen molar-refractivity contribution in [3.05, 3.63) is 209 Å². The summed E-state index contributed by atoms with van der Waals surface area (Å²) in [5.41, 5.74) is 23.8. The van der Waals surface area contributed by atoms with Crippen LogP contribution in [-0.2, 0) is 10.8 Å². The molecular formula is C56H36BN2. The molecule has 9 aromatic carbocycles. The van der Waals surface area contributed by atoms with E-state index in [1.165, 1.54) is 122 Å². The van der Waals surface area contributed by atoms with Crippen LogP contribution in [0.2, 0.25) is 0 Å². The minimum absolute atomic E-state index is 0.219. The molecule has 0 unspecified atom stereocenters. The van der Waals surface area contributed by atoms with Gasteiger partial charge in [-0.05, 0) is 102 Å². The minimum Gasteiger partial charge on any atom is -0.354 e. The molecule has 0 amide bonds. The maximum atomic E-state index is 4.09. The number of hydrogen-bond acceptors (Lipinski definition) is 1. The smallest absolute Gasteiger partial charge is 0.197 e. The quantitative estimate of drug-likeness (QED) is 0.166. The van der Waals surface area contributed by atoms with Crippen molar-refractivity contribution in [3.63, 3.8) is 0 Å². The molecule has 10 aromatic rings. The maximum absolute atomic E-state index is 4.09. The van der Waals surface area contributed by atoms with Crippen molar-refractivity contribution in [3.8, 4) is 39.1 Å². The molecule has 1 spiro atoms. The van der Waals surface area contributed by atoms with Gasteiger partial charge in [0.15, 0.2) is 7.28 Å². The first-order valence-corrected chi connectivity index (χ1v) is 20.9. The van der Waals surface area contributed by atoms with E-state index in [2.05, 4.69) is 207 Å². The number of fused-ring (bicyclic) bond motifs is 19. The number of para-hydroxylation sites is 3. The number of rotatable bonds is 1. The molecule has 3 heteroatoms. The van der Waals surface area contributed by atoms with Crippen LogP contribution in [0, 0.1) is 0 Å². The van der Waals surface area contributed by atoms with Crippen molar-refractivity contribution in [2.75, 3.05) is 5.32 Å². The summed E-state index contributed by atoms with van der Waals surface area (Å²) in [5.74, 6) is 0. The monoisotopic (exact) mass is 747 g/mol. The van der Waals surface area contributed by atoms with Crippen LogP contribution in [0.25, 0.3) is 71.6 Å². The molecule has 1 aromatic heterocycles. The van der Waals surface area contributed by atoms with Gasteiger partial charge in [0.25, 0.3) is 0 Å². The van der Waals surface area contributed by atoms with Gasteiger partial charge in [0.05, 0.1) is 16.6 Å². The Morgan fingerprint density at radius 1 is 0.475 bits per heavy atom. The van der Waals surface area contributed by atoms with Gasteiger partial charge < -0.3 is 9.88 Å². The summed E-state index contributed by atoms with van der Waals surface area (Å²) in [7, 11) is 2.50. The molecule has 4 aliphatic rings. The van der Waals surface area contributed by atoms with E-state index in [4.69, 9.17) is 0 Å². The largest absolute Gasteiger partial charge is 0.354 e. The Morgan fingerprint density at radius 3 is 1.83 bits per heavy atom. The molecule has 1 N–H and O–H groups in total. The van der Waals surface area contributed by atoms with Crippen LogP contribution >= 0.6 is 0 Å². The summed E-state index contributed by atoms with van der Waals surface area (Å²) in [4.78, 5) is 0. The molecule has 2 aliphatic heterocycles. The first kappa shape index (κ1) is 31.9. The summed E-state index contributed by atoms with van der Waals surface area (Å²) in [6.07, 6.45) is 0. The molecule has 0 atom stereocenters. The van der Waals surface area contributed by atoms with E-state index in [-0.39, 0.29) is 5.41 Å². The molecule has 3 heterocycles. The Balaban J connectivity index is 1.14. The van der Waals surface area contributed by atoms with Gasteiger partial charge in [0.2, 0.25) is 0 Å². The molecule has 0 bridgehead atoms. The van der Waals surface area contributed by atoms with Crippen LogP contribution in [0.4, 0.5) is 11.4 Å². The Kier molecular flexibility index (Phi) is 5.89. The molecule has 0 saturated carbocycles. The zero-order valence-electron chi connectivity index (χ0n) is 32.8. The second kappa shape index (κ2) is 10.9. The summed E-state index contributed by atoms with van der Waals surface area (Å²) in [5, 5.41) is 9.22. The van der Waals surface area contributed by atoms with Crippen molar-refractivity contribution >= 4 is 62.2 Å². The van der Waals surface area contributed by atoms with Crippen molar-refractivity contribution in [2.45, 2.75) is 24.7 Å². The van der Waals surface area contributed by atoms with Crippen LogP contribution in [-0.4, -0.2) is 11.8 Å². The van der Waals surface area contributed by atoms with Gasteiger partial charge in [-0.2, -0.15) is 0 Å². The highest BCUT2D eigenvalue weighted by Crippen LogP contribution is 2.62. The van der Waals surface area contributed by atoms with E-state index in [0.29, 0.717) is 0 Å². The fourth-order valence-electron chi connectivity index (χ4n) is 12.0. The fraction of sp³-hybridized carbons (Fsp3) is 0.0714. The summed E-state index contributed by atoms with van der Waals surface area (Å²) < 4.78 is 2.64. The second-order valence-corrected chi connectivity index (χ2v) is 17.5. The highest BCUT2D eigenvalue weighted by molar-refractivity contribution is 6.73. The van der Waals surface area contributed by atoms with Gasteiger partial charge in [-0.15, -0.1) is 0 Å². The number of hydrogen-bond donors (Lipinski definition) is 1. The average molecular weight is 748 g/mol. The zero-order chi connectivity index (χ0) is 38.8. The normalized spacial score (nSPS) is 15.2. The van der Waals surface area contributed by atoms with Gasteiger partial charge in [-0.25, -0.2) is 0 Å². The van der Waals surface area contributed by atoms with Crippen LogP contribution in [0.3, 0.4) is 0 Å². The molecule has 2 nitrogen and oxygen atoms in total. The zero-order valence-corrected chi connectivity index (χ0v) is 32.8. The van der Waals surface area contributed by atoms with Crippen LogP contribution in [0.5, 0.6) is 0 Å². The van der Waals surface area contributed by atoms with Gasteiger partial charge >= 0.3 is 0 Å². The Labute approximate surface area is 343 Å². The Hall–Kier alpha value is -7.10. The lowest BCUT2D eigenvalue weighted by Gasteiger charge is -2.41. The second-order valence-electron chi connectivity index (χ2n) is 17.5. The van der Waals surface area contributed by atoms with Crippen molar-refractivity contribution in [1.29, 1.82) is 0 Å². The molecular weight excluding hydrogens is 711 g/mol. The first-order chi connectivity index (χ1) is 29.0. The van der Waals surface area contributed by atoms with E-state index in [1.54, 1.807) is 0 Å². The molecule has 14 rings (SSSR count). The lowest BCUT2D eigenvalue weighted by atomic mass is 9.57. The number of nitrogens with zero attached hydrogens (tertiary/aromatic N) is 1. The third kappa shape index (κ3) is 3.76. The van der Waals surface area contributed by atoms with Gasteiger partial charge in [-0.3, -0.25) is 0 Å². The highest BCUT2D eigenvalue weighted by atomic mass is 15.0. The van der Waals surface area contributed by atoms with E-state index in [1.807, 2.05) is 0 Å². The standard InChI is InChI=1S/C56H36BN2/c1-55(2)42-22-8-5-19-36(42)40-31-41(51-54(50(40)55)59-49-30-33-16-4-3-15-32(33)29-39(49)38-21-14-27-47(57-51)53(38)59)37-20-13-26-46-52(37)58-48-28-12-11-25-45(48)56(46)43-23-9-6-17-34(43)35-18-7-10-24-44(35)56/h3-31,58H,1-2H3. The van der Waals surface area contributed by atoms with Gasteiger partial charge in [0.1, 0.15) is 0 Å². The topological polar surface area (TPSA) is 17.0 Å². The molecule has 59 heavy (non-hydrogen) atoms. The maximum Gasteiger partial charge on any atom is 0.197 e. The fourth-order valence-corrected chi connectivity index (χ4v) is 12.0. The van der Waals surface area contributed by atoms with Crippen LogP contribution in [0.1, 0.15) is 47.2 Å². The predicted molar refractivity (Wildman–Crippen MR) is 247 cm³/mol. The Morgan fingerprint density at radius 2 is 1.07 bits per heavy atom. The predicted octanol–water partition coefficient (Wildman–Crippen LogP) is 12.3. The molecule has 2 aliphatic carbocycles. The number of benzene rings is 9. The average Bonchev–Trinajstić information content (AvgIpc) is 3.85.